The van der Waals surface area contributed by atoms with Gasteiger partial charge in [0.15, 0.2) is 11.7 Å². The van der Waals surface area contributed by atoms with Crippen molar-refractivity contribution in [1.29, 1.82) is 5.41 Å². The van der Waals surface area contributed by atoms with E-state index in [1.165, 1.54) is 6.07 Å². The molecular formula is C25H33N5O4. The van der Waals surface area contributed by atoms with Crippen LogP contribution in [0.1, 0.15) is 42.6 Å². The predicted molar refractivity (Wildman–Crippen MR) is 131 cm³/mol. The van der Waals surface area contributed by atoms with Gasteiger partial charge in [0.2, 0.25) is 5.91 Å². The summed E-state index contributed by atoms with van der Waals surface area (Å²) in [5.74, 6) is -1.91. The molecule has 0 bridgehead atoms. The fourth-order valence-electron chi connectivity index (χ4n) is 3.46. The molecule has 0 aliphatic heterocycles. The van der Waals surface area contributed by atoms with E-state index in [-0.39, 0.29) is 11.9 Å². The summed E-state index contributed by atoms with van der Waals surface area (Å²) in [6, 6.07) is 14.2. The molecule has 0 aliphatic rings. The number of benzene rings is 2. The van der Waals surface area contributed by atoms with Gasteiger partial charge in [0, 0.05) is 11.3 Å². The van der Waals surface area contributed by atoms with Gasteiger partial charge in [-0.3, -0.25) is 19.8 Å². The van der Waals surface area contributed by atoms with Crippen LogP contribution in [-0.2, 0) is 16.0 Å². The molecular weight excluding hydrogens is 434 g/mol. The number of carbonyl (C=O) groups is 3. The Morgan fingerprint density at radius 2 is 1.76 bits per heavy atom. The number of carbonyl (C=O) groups excluding carboxylic acids is 3. The molecule has 34 heavy (non-hydrogen) atoms. The fourth-order valence-corrected chi connectivity index (χ4v) is 3.46. The molecule has 2 aromatic rings. The lowest BCUT2D eigenvalue weighted by atomic mass is 9.96. The van der Waals surface area contributed by atoms with Crippen molar-refractivity contribution < 1.29 is 19.5 Å². The number of ketones is 1. The average molecular weight is 468 g/mol. The van der Waals surface area contributed by atoms with Crippen molar-refractivity contribution in [2.24, 2.45) is 11.7 Å². The molecule has 1 unspecified atom stereocenters. The highest BCUT2D eigenvalue weighted by Gasteiger charge is 2.30. The molecule has 2 rings (SSSR count). The monoisotopic (exact) mass is 467 g/mol. The van der Waals surface area contributed by atoms with Gasteiger partial charge in [-0.2, -0.15) is 0 Å². The van der Waals surface area contributed by atoms with Gasteiger partial charge >= 0.3 is 0 Å². The Bertz CT molecular complexity index is 996. The second kappa shape index (κ2) is 13.1. The van der Waals surface area contributed by atoms with E-state index in [9.17, 15) is 19.5 Å². The highest BCUT2D eigenvalue weighted by Crippen LogP contribution is 2.14. The number of amides is 2. The Morgan fingerprint density at radius 1 is 1.06 bits per heavy atom. The highest BCUT2D eigenvalue weighted by atomic mass is 16.3. The SMILES string of the molecule is CCC(C)[C@H](NC(=O)c1cccc(NC(=N)N)c1)C(=O)N[C@@H](CCc1ccccc1)C(=O)CO. The number of hydrogen-bond acceptors (Lipinski definition) is 5. The first-order chi connectivity index (χ1) is 16.2. The number of hydrogen-bond donors (Lipinski definition) is 6. The second-order valence-corrected chi connectivity index (χ2v) is 8.17. The minimum absolute atomic E-state index is 0.207. The van der Waals surface area contributed by atoms with Crippen LogP contribution in [0.2, 0.25) is 0 Å². The Labute approximate surface area is 199 Å². The quantitative estimate of drug-likeness (QED) is 0.206. The van der Waals surface area contributed by atoms with Crippen molar-refractivity contribution in [3.8, 4) is 0 Å². The molecule has 0 aromatic heterocycles. The van der Waals surface area contributed by atoms with Crippen LogP contribution in [-0.4, -0.2) is 47.4 Å². The van der Waals surface area contributed by atoms with E-state index >= 15 is 0 Å². The molecule has 2 amide bonds. The Kier molecular flexibility index (Phi) is 10.2. The summed E-state index contributed by atoms with van der Waals surface area (Å²) < 4.78 is 0. The standard InChI is InChI=1S/C25H33N5O4/c1-3-16(2)22(30-23(33)18-10-7-11-19(14-18)28-25(26)27)24(34)29-20(21(32)15-31)13-12-17-8-5-4-6-9-17/h4-11,14,16,20,22,31H,3,12-13,15H2,1-2H3,(H,29,34)(H,30,33)(H4,26,27,28)/t16?,20-,22-/m0/s1. The molecule has 0 radical (unpaired) electrons. The number of aliphatic hydroxyl groups is 1. The first kappa shape index (κ1) is 26.5. The maximum Gasteiger partial charge on any atom is 0.252 e. The largest absolute Gasteiger partial charge is 0.389 e. The lowest BCUT2D eigenvalue weighted by Gasteiger charge is -2.26. The number of rotatable bonds is 12. The smallest absolute Gasteiger partial charge is 0.252 e. The summed E-state index contributed by atoms with van der Waals surface area (Å²) >= 11 is 0. The van der Waals surface area contributed by atoms with Crippen molar-refractivity contribution in [2.45, 2.75) is 45.2 Å². The number of nitrogens with two attached hydrogens (primary N) is 1. The normalized spacial score (nSPS) is 13.3. The molecule has 7 N–H and O–H groups in total. The van der Waals surface area contributed by atoms with Crippen molar-refractivity contribution in [3.05, 3.63) is 65.7 Å². The third kappa shape index (κ3) is 8.00. The minimum Gasteiger partial charge on any atom is -0.389 e. The summed E-state index contributed by atoms with van der Waals surface area (Å²) in [6.07, 6.45) is 1.50. The third-order valence-corrected chi connectivity index (χ3v) is 5.61. The number of aliphatic hydroxyl groups excluding tert-OH is 1. The zero-order chi connectivity index (χ0) is 25.1. The van der Waals surface area contributed by atoms with E-state index < -0.39 is 36.3 Å². The molecule has 182 valence electrons. The molecule has 3 atom stereocenters. The molecule has 0 saturated heterocycles. The second-order valence-electron chi connectivity index (χ2n) is 8.17. The van der Waals surface area contributed by atoms with Gasteiger partial charge in [-0.05, 0) is 42.5 Å². The summed E-state index contributed by atoms with van der Waals surface area (Å²) in [5, 5.41) is 24.8. The third-order valence-electron chi connectivity index (χ3n) is 5.61. The minimum atomic E-state index is -0.882. The maximum absolute atomic E-state index is 13.1. The van der Waals surface area contributed by atoms with Gasteiger partial charge in [0.25, 0.3) is 5.91 Å². The highest BCUT2D eigenvalue weighted by molar-refractivity contribution is 6.00. The van der Waals surface area contributed by atoms with E-state index in [1.54, 1.807) is 18.2 Å². The molecule has 0 fully saturated rings. The van der Waals surface area contributed by atoms with Gasteiger partial charge in [-0.15, -0.1) is 0 Å². The Balaban J connectivity index is 2.14. The number of Topliss-reactive ketones (excluding diaryl/α,β-unsaturated/α-hetero) is 1. The van der Waals surface area contributed by atoms with E-state index in [4.69, 9.17) is 11.1 Å². The molecule has 0 aliphatic carbocycles. The fraction of sp³-hybridized carbons (Fsp3) is 0.360. The number of nitrogens with one attached hydrogen (secondary N) is 4. The van der Waals surface area contributed by atoms with Crippen molar-refractivity contribution in [3.63, 3.8) is 0 Å². The summed E-state index contributed by atoms with van der Waals surface area (Å²) in [4.78, 5) is 38.4. The van der Waals surface area contributed by atoms with Crippen LogP contribution >= 0.6 is 0 Å². The zero-order valence-corrected chi connectivity index (χ0v) is 19.5. The van der Waals surface area contributed by atoms with E-state index in [1.807, 2.05) is 44.2 Å². The van der Waals surface area contributed by atoms with Crippen LogP contribution in [0, 0.1) is 11.3 Å². The van der Waals surface area contributed by atoms with Crippen molar-refractivity contribution >= 4 is 29.2 Å². The van der Waals surface area contributed by atoms with Gasteiger partial charge in [-0.1, -0.05) is 56.7 Å². The molecule has 9 nitrogen and oxygen atoms in total. The van der Waals surface area contributed by atoms with Crippen LogP contribution in [0.25, 0.3) is 0 Å². The van der Waals surface area contributed by atoms with Crippen LogP contribution in [0.3, 0.4) is 0 Å². The van der Waals surface area contributed by atoms with Crippen molar-refractivity contribution in [2.75, 3.05) is 11.9 Å². The molecule has 0 spiro atoms. The maximum atomic E-state index is 13.1. The lowest BCUT2D eigenvalue weighted by molar-refractivity contribution is -0.131. The first-order valence-electron chi connectivity index (χ1n) is 11.2. The van der Waals surface area contributed by atoms with Gasteiger partial charge in [0.05, 0.1) is 6.04 Å². The van der Waals surface area contributed by atoms with Gasteiger partial charge in [0.1, 0.15) is 12.6 Å². The van der Waals surface area contributed by atoms with Gasteiger partial charge in [-0.25, -0.2) is 0 Å². The molecule has 0 saturated carbocycles. The van der Waals surface area contributed by atoms with Crippen molar-refractivity contribution in [1.82, 2.24) is 10.6 Å². The summed E-state index contributed by atoms with van der Waals surface area (Å²) in [6.45, 7) is 3.06. The van der Waals surface area contributed by atoms with E-state index in [0.717, 1.165) is 5.56 Å². The van der Waals surface area contributed by atoms with Gasteiger partial charge < -0.3 is 26.8 Å². The number of aryl methyl sites for hydroxylation is 1. The molecule has 9 heteroatoms. The van der Waals surface area contributed by atoms with Crippen LogP contribution in [0.4, 0.5) is 5.69 Å². The topological polar surface area (TPSA) is 157 Å². The molecule has 2 aromatic carbocycles. The Morgan fingerprint density at radius 3 is 2.38 bits per heavy atom. The number of guanidine groups is 1. The summed E-state index contributed by atoms with van der Waals surface area (Å²) in [5.41, 5.74) is 7.12. The average Bonchev–Trinajstić information content (AvgIpc) is 2.84. The van der Waals surface area contributed by atoms with Crippen LogP contribution in [0.5, 0.6) is 0 Å². The van der Waals surface area contributed by atoms with E-state index in [2.05, 4.69) is 16.0 Å². The Hall–Kier alpha value is -3.72. The van der Waals surface area contributed by atoms with E-state index in [0.29, 0.717) is 30.5 Å². The zero-order valence-electron chi connectivity index (χ0n) is 19.5. The first-order valence-corrected chi connectivity index (χ1v) is 11.2. The molecule has 0 heterocycles. The predicted octanol–water partition coefficient (Wildman–Crippen LogP) is 1.82. The van der Waals surface area contributed by atoms with Crippen LogP contribution < -0.4 is 21.7 Å². The van der Waals surface area contributed by atoms with Crippen LogP contribution in [0.15, 0.2) is 54.6 Å². The number of anilines is 1. The lowest BCUT2D eigenvalue weighted by Crippen LogP contribution is -2.54. The summed E-state index contributed by atoms with van der Waals surface area (Å²) in [7, 11) is 0.